The first kappa shape index (κ1) is 11.5. The Morgan fingerprint density at radius 3 is 2.94 bits per heavy atom. The van der Waals surface area contributed by atoms with Crippen molar-refractivity contribution in [1.29, 1.82) is 0 Å². The highest BCUT2D eigenvalue weighted by atomic mass is 16.5. The van der Waals surface area contributed by atoms with Gasteiger partial charge >= 0.3 is 5.97 Å². The lowest BCUT2D eigenvalue weighted by Gasteiger charge is -2.04. The minimum atomic E-state index is -0.942. The topological polar surface area (TPSA) is 74.3 Å². The van der Waals surface area contributed by atoms with Gasteiger partial charge in [-0.2, -0.15) is 0 Å². The maximum atomic E-state index is 11.2. The molecule has 0 saturated carbocycles. The highest BCUT2D eigenvalue weighted by molar-refractivity contribution is 6.08. The van der Waals surface area contributed by atoms with Gasteiger partial charge in [0.05, 0.1) is 6.61 Å². The highest BCUT2D eigenvalue weighted by Crippen LogP contribution is 2.25. The van der Waals surface area contributed by atoms with Crippen LogP contribution in [0.4, 0.5) is 5.82 Å². The van der Waals surface area contributed by atoms with Crippen LogP contribution in [0.15, 0.2) is 24.3 Å². The molecule has 17 heavy (non-hydrogen) atoms. The Morgan fingerprint density at radius 2 is 2.24 bits per heavy atom. The van der Waals surface area contributed by atoms with Gasteiger partial charge in [0.25, 0.3) is 0 Å². The average Bonchev–Trinajstić information content (AvgIpc) is 2.67. The van der Waals surface area contributed by atoms with Crippen molar-refractivity contribution in [2.75, 3.05) is 25.6 Å². The fourth-order valence-electron chi connectivity index (χ4n) is 1.77. The Hall–Kier alpha value is -2.01. The van der Waals surface area contributed by atoms with Crippen molar-refractivity contribution in [3.05, 3.63) is 29.8 Å². The quantitative estimate of drug-likeness (QED) is 0.691. The number of carboxylic acids is 1. The number of nitrogens with one attached hydrogen (secondary N) is 2. The van der Waals surface area contributed by atoms with Gasteiger partial charge in [-0.15, -0.1) is 0 Å². The van der Waals surface area contributed by atoms with Crippen LogP contribution in [0.1, 0.15) is 10.4 Å². The lowest BCUT2D eigenvalue weighted by Crippen LogP contribution is -2.10. The fourth-order valence-corrected chi connectivity index (χ4v) is 1.77. The molecule has 3 N–H and O–H groups in total. The fraction of sp³-hybridized carbons (Fsp3) is 0.250. The molecule has 0 saturated heterocycles. The van der Waals surface area contributed by atoms with Crippen molar-refractivity contribution >= 4 is 22.7 Å². The van der Waals surface area contributed by atoms with Crippen LogP contribution < -0.4 is 5.32 Å². The molecule has 0 aliphatic heterocycles. The lowest BCUT2D eigenvalue weighted by atomic mass is 10.1. The number of hydrogen-bond donors (Lipinski definition) is 3. The molecular formula is C12H14N2O3. The monoisotopic (exact) mass is 234 g/mol. The molecule has 0 unspecified atom stereocenters. The molecule has 5 nitrogen and oxygen atoms in total. The van der Waals surface area contributed by atoms with Crippen LogP contribution in [0, 0.1) is 0 Å². The van der Waals surface area contributed by atoms with Crippen molar-refractivity contribution in [2.45, 2.75) is 0 Å². The van der Waals surface area contributed by atoms with Crippen LogP contribution in [0.25, 0.3) is 10.9 Å². The zero-order valence-corrected chi connectivity index (χ0v) is 9.49. The van der Waals surface area contributed by atoms with Crippen molar-refractivity contribution in [3.63, 3.8) is 0 Å². The predicted octanol–water partition coefficient (Wildman–Crippen LogP) is 1.92. The summed E-state index contributed by atoms with van der Waals surface area (Å²) in [6, 6.07) is 7.32. The molecule has 1 aromatic heterocycles. The minimum absolute atomic E-state index is 0.275. The number of para-hydroxylation sites is 1. The van der Waals surface area contributed by atoms with Crippen LogP contribution in [0.3, 0.4) is 0 Å². The van der Waals surface area contributed by atoms with Gasteiger partial charge in [0.15, 0.2) is 0 Å². The number of ether oxygens (including phenoxy) is 1. The van der Waals surface area contributed by atoms with Crippen molar-refractivity contribution in [2.24, 2.45) is 0 Å². The van der Waals surface area contributed by atoms with E-state index in [-0.39, 0.29) is 5.56 Å². The molecule has 0 atom stereocenters. The van der Waals surface area contributed by atoms with Gasteiger partial charge in [0.1, 0.15) is 11.4 Å². The number of aromatic nitrogens is 1. The van der Waals surface area contributed by atoms with Gasteiger partial charge < -0.3 is 20.1 Å². The molecule has 0 fully saturated rings. The highest BCUT2D eigenvalue weighted by Gasteiger charge is 2.16. The lowest BCUT2D eigenvalue weighted by molar-refractivity contribution is 0.0700. The molecule has 0 aliphatic carbocycles. The van der Waals surface area contributed by atoms with Gasteiger partial charge in [0.2, 0.25) is 0 Å². The van der Waals surface area contributed by atoms with E-state index in [9.17, 15) is 9.90 Å². The third kappa shape index (κ3) is 2.24. The van der Waals surface area contributed by atoms with E-state index >= 15 is 0 Å². The van der Waals surface area contributed by atoms with Gasteiger partial charge in [-0.25, -0.2) is 4.79 Å². The van der Waals surface area contributed by atoms with Gasteiger partial charge in [-0.1, -0.05) is 18.2 Å². The zero-order valence-electron chi connectivity index (χ0n) is 9.49. The number of benzene rings is 1. The molecule has 0 spiro atoms. The number of anilines is 1. The SMILES string of the molecule is COCCNc1[nH]c2ccccc2c1C(=O)O. The van der Waals surface area contributed by atoms with Crippen LogP contribution in [0.2, 0.25) is 0 Å². The molecule has 0 bridgehead atoms. The molecule has 0 aliphatic rings. The third-order valence-corrected chi connectivity index (χ3v) is 2.53. The summed E-state index contributed by atoms with van der Waals surface area (Å²) in [6.07, 6.45) is 0. The Balaban J connectivity index is 2.39. The summed E-state index contributed by atoms with van der Waals surface area (Å²) in [6.45, 7) is 1.08. The van der Waals surface area contributed by atoms with E-state index < -0.39 is 5.97 Å². The van der Waals surface area contributed by atoms with Gasteiger partial charge in [-0.05, 0) is 6.07 Å². The summed E-state index contributed by atoms with van der Waals surface area (Å²) in [4.78, 5) is 14.3. The molecule has 0 radical (unpaired) electrons. The number of aromatic amines is 1. The molecular weight excluding hydrogens is 220 g/mol. The normalized spacial score (nSPS) is 10.6. The van der Waals surface area contributed by atoms with Crippen LogP contribution >= 0.6 is 0 Å². The van der Waals surface area contributed by atoms with Crippen molar-refractivity contribution in [1.82, 2.24) is 4.98 Å². The Kier molecular flexibility index (Phi) is 3.30. The van der Waals surface area contributed by atoms with Crippen LogP contribution in [-0.4, -0.2) is 36.3 Å². The molecule has 90 valence electrons. The van der Waals surface area contributed by atoms with E-state index in [1.807, 2.05) is 18.2 Å². The maximum absolute atomic E-state index is 11.2. The number of hydrogen-bond acceptors (Lipinski definition) is 3. The standard InChI is InChI=1S/C12H14N2O3/c1-17-7-6-13-11-10(12(15)16)8-4-2-3-5-9(8)14-11/h2-5,13-14H,6-7H2,1H3,(H,15,16). The number of H-pyrrole nitrogens is 1. The number of carboxylic acid groups (broad SMARTS) is 1. The average molecular weight is 234 g/mol. The molecule has 0 amide bonds. The van der Waals surface area contributed by atoms with E-state index in [1.54, 1.807) is 13.2 Å². The van der Waals surface area contributed by atoms with E-state index in [0.29, 0.717) is 24.4 Å². The van der Waals surface area contributed by atoms with Crippen LogP contribution in [0.5, 0.6) is 0 Å². The minimum Gasteiger partial charge on any atom is -0.478 e. The molecule has 5 heteroatoms. The third-order valence-electron chi connectivity index (χ3n) is 2.53. The maximum Gasteiger partial charge on any atom is 0.340 e. The summed E-state index contributed by atoms with van der Waals surface area (Å²) in [7, 11) is 1.60. The first-order valence-electron chi connectivity index (χ1n) is 5.31. The Bertz CT molecular complexity index is 534. The van der Waals surface area contributed by atoms with Crippen molar-refractivity contribution < 1.29 is 14.6 Å². The number of carbonyl (C=O) groups is 1. The summed E-state index contributed by atoms with van der Waals surface area (Å²) in [5.41, 5.74) is 1.08. The van der Waals surface area contributed by atoms with E-state index in [4.69, 9.17) is 4.74 Å². The second-order valence-electron chi connectivity index (χ2n) is 3.65. The van der Waals surface area contributed by atoms with E-state index in [2.05, 4.69) is 10.3 Å². The predicted molar refractivity (Wildman–Crippen MR) is 65.6 cm³/mol. The first-order chi connectivity index (χ1) is 8.24. The number of methoxy groups -OCH3 is 1. The van der Waals surface area contributed by atoms with E-state index in [0.717, 1.165) is 5.52 Å². The Morgan fingerprint density at radius 1 is 1.47 bits per heavy atom. The molecule has 1 aromatic carbocycles. The molecule has 1 heterocycles. The van der Waals surface area contributed by atoms with Gasteiger partial charge in [0, 0.05) is 24.6 Å². The smallest absolute Gasteiger partial charge is 0.340 e. The van der Waals surface area contributed by atoms with Crippen LogP contribution in [-0.2, 0) is 4.74 Å². The zero-order chi connectivity index (χ0) is 12.3. The molecule has 2 aromatic rings. The Labute approximate surface area is 98.4 Å². The largest absolute Gasteiger partial charge is 0.478 e. The van der Waals surface area contributed by atoms with E-state index in [1.165, 1.54) is 0 Å². The molecule has 2 rings (SSSR count). The summed E-state index contributed by atoms with van der Waals surface area (Å²) >= 11 is 0. The summed E-state index contributed by atoms with van der Waals surface area (Å²) in [5.74, 6) is -0.418. The van der Waals surface area contributed by atoms with Gasteiger partial charge in [-0.3, -0.25) is 0 Å². The summed E-state index contributed by atoms with van der Waals surface area (Å²) in [5, 5.41) is 12.9. The van der Waals surface area contributed by atoms with Crippen molar-refractivity contribution in [3.8, 4) is 0 Å². The first-order valence-corrected chi connectivity index (χ1v) is 5.31. The second kappa shape index (κ2) is 4.88. The number of aromatic carboxylic acids is 1. The number of rotatable bonds is 5. The summed E-state index contributed by atoms with van der Waals surface area (Å²) < 4.78 is 4.91. The second-order valence-corrected chi connectivity index (χ2v) is 3.65. The number of fused-ring (bicyclic) bond motifs is 1.